The number of hydrogen-bond acceptors (Lipinski definition) is 7. The third-order valence-corrected chi connectivity index (χ3v) is 10.5. The molecule has 4 aromatic rings. The van der Waals surface area contributed by atoms with E-state index in [1.807, 2.05) is 6.26 Å². The van der Waals surface area contributed by atoms with Gasteiger partial charge in [-0.25, -0.2) is 16.8 Å². The summed E-state index contributed by atoms with van der Waals surface area (Å²) in [4.78, 5) is 13.8. The molecule has 0 saturated heterocycles. The normalized spacial score (nSPS) is 12.6. The van der Waals surface area contributed by atoms with Crippen LogP contribution in [0, 0.1) is 0 Å². The molecule has 1 atom stereocenters. The quantitative estimate of drug-likeness (QED) is 0.317. The largest absolute Gasteiger partial charge is 0.378 e. The van der Waals surface area contributed by atoms with Gasteiger partial charge in [0.25, 0.3) is 20.0 Å². The molecular weight excluding hydrogens is 505 g/mol. The van der Waals surface area contributed by atoms with Crippen LogP contribution in [0.25, 0.3) is 10.1 Å². The van der Waals surface area contributed by atoms with Gasteiger partial charge in [-0.3, -0.25) is 14.2 Å². The van der Waals surface area contributed by atoms with Crippen LogP contribution in [0.1, 0.15) is 0 Å². The smallest absolute Gasteiger partial charge is 0.301 e. The molecule has 33 heavy (non-hydrogen) atoms. The Hall–Kier alpha value is -2.87. The zero-order valence-electron chi connectivity index (χ0n) is 17.8. The molecule has 0 radical (unpaired) electrons. The monoisotopic (exact) mass is 525 g/mol. The fourth-order valence-electron chi connectivity index (χ4n) is 3.17. The van der Waals surface area contributed by atoms with Gasteiger partial charge < -0.3 is 4.90 Å². The fraction of sp³-hybridized carbons (Fsp3) is 0.150. The highest BCUT2D eigenvalue weighted by atomic mass is 32.2. The van der Waals surface area contributed by atoms with Crippen LogP contribution in [0.4, 0.5) is 17.1 Å². The van der Waals surface area contributed by atoms with Crippen molar-refractivity contribution < 1.29 is 16.8 Å². The molecule has 4 rings (SSSR count). The van der Waals surface area contributed by atoms with Crippen LogP contribution in [0.15, 0.2) is 67.8 Å². The first kappa shape index (κ1) is 23.3. The Balaban J connectivity index is 1.75. The average molecular weight is 526 g/mol. The van der Waals surface area contributed by atoms with Gasteiger partial charge in [-0.2, -0.15) is 4.37 Å². The maximum absolute atomic E-state index is 13.1. The van der Waals surface area contributed by atoms with Crippen molar-refractivity contribution >= 4 is 69.2 Å². The number of aryl methyl sites for hydroxylation is 1. The molecule has 2 aromatic heterocycles. The molecule has 2 aromatic carbocycles. The van der Waals surface area contributed by atoms with E-state index >= 15 is 0 Å². The molecule has 0 fully saturated rings. The van der Waals surface area contributed by atoms with E-state index in [1.165, 1.54) is 24.3 Å². The zero-order chi connectivity index (χ0) is 24.0. The highest BCUT2D eigenvalue weighted by Crippen LogP contribution is 2.32. The van der Waals surface area contributed by atoms with Gasteiger partial charge in [-0.1, -0.05) is 6.07 Å². The van der Waals surface area contributed by atoms with Gasteiger partial charge >= 0.3 is 5.56 Å². The Morgan fingerprint density at radius 1 is 0.939 bits per heavy atom. The van der Waals surface area contributed by atoms with Crippen molar-refractivity contribution in [2.24, 2.45) is 6.26 Å². The van der Waals surface area contributed by atoms with Gasteiger partial charge in [0.15, 0.2) is 0 Å². The molecule has 0 amide bonds. The minimum atomic E-state index is -4.11. The van der Waals surface area contributed by atoms with Gasteiger partial charge in [0, 0.05) is 25.8 Å². The van der Waals surface area contributed by atoms with Gasteiger partial charge in [0.2, 0.25) is 4.70 Å². The number of anilines is 3. The molecule has 0 aliphatic heterocycles. The molecule has 1 unspecified atom stereocenters. The molecule has 9 nitrogen and oxygen atoms in total. The fourth-order valence-corrected chi connectivity index (χ4v) is 7.59. The summed E-state index contributed by atoms with van der Waals surface area (Å²) in [7, 11) is -4.94. The van der Waals surface area contributed by atoms with Gasteiger partial charge in [-0.05, 0) is 41.8 Å². The third-order valence-electron chi connectivity index (χ3n) is 4.85. The molecule has 2 heterocycles. The summed E-state index contributed by atoms with van der Waals surface area (Å²) in [5.41, 5.74) is 0.478. The summed E-state index contributed by atoms with van der Waals surface area (Å²) in [5, 5.41) is 1.95. The van der Waals surface area contributed by atoms with Crippen molar-refractivity contribution in [2.45, 2.75) is 9.10 Å². The van der Waals surface area contributed by atoms with Crippen molar-refractivity contribution in [1.29, 1.82) is 0 Å². The number of nitrogens with one attached hydrogen (secondary N) is 3. The van der Waals surface area contributed by atoms with E-state index in [0.717, 1.165) is 16.0 Å². The number of benzene rings is 2. The van der Waals surface area contributed by atoms with Crippen molar-refractivity contribution in [3.05, 3.63) is 64.3 Å². The van der Waals surface area contributed by atoms with E-state index in [-0.39, 0.29) is 26.0 Å². The van der Waals surface area contributed by atoms with Crippen molar-refractivity contribution in [3.63, 3.8) is 0 Å². The molecule has 13 heteroatoms. The highest BCUT2D eigenvalue weighted by Gasteiger charge is 2.23. The Labute approximate surface area is 197 Å². The number of rotatable bonds is 7. The number of nitrogens with zero attached hydrogens (tertiary/aromatic N) is 1. The first-order valence-electron chi connectivity index (χ1n) is 9.49. The Bertz CT molecular complexity index is 1600. The summed E-state index contributed by atoms with van der Waals surface area (Å²) in [6, 6.07) is 12.1. The number of aromatic amines is 1. The zero-order valence-corrected chi connectivity index (χ0v) is 21.1. The molecule has 0 bridgehead atoms. The van der Waals surface area contributed by atoms with Gasteiger partial charge in [0.1, 0.15) is 15.9 Å². The maximum Gasteiger partial charge on any atom is 0.301 e. The van der Waals surface area contributed by atoms with E-state index in [0.29, 0.717) is 11.1 Å². The third kappa shape index (κ3) is 4.62. The second-order valence-corrected chi connectivity index (χ2v) is 13.6. The van der Waals surface area contributed by atoms with Crippen molar-refractivity contribution in [2.75, 3.05) is 28.4 Å². The number of hydrogen-bond donors (Lipinski definition) is 3. The molecule has 0 aliphatic carbocycles. The average Bonchev–Trinajstić information content (AvgIpc) is 3.38. The number of H-pyrrole nitrogens is 1. The van der Waals surface area contributed by atoms with E-state index < -0.39 is 30.7 Å². The lowest BCUT2D eigenvalue weighted by molar-refractivity contribution is 0.599. The Morgan fingerprint density at radius 3 is 2.33 bits per heavy atom. The Kier molecular flexibility index (Phi) is 5.99. The molecular formula is C20H21N4O5S4+. The number of sulfonamides is 2. The number of fused-ring (bicyclic) bond motifs is 1. The van der Waals surface area contributed by atoms with E-state index in [9.17, 15) is 21.6 Å². The van der Waals surface area contributed by atoms with Crippen LogP contribution in [0.3, 0.4) is 0 Å². The number of thiophene rings is 1. The minimum Gasteiger partial charge on any atom is -0.378 e. The molecule has 0 aliphatic rings. The summed E-state index contributed by atoms with van der Waals surface area (Å²) in [6.45, 7) is 0. The minimum absolute atomic E-state index is 0.0564. The lowest BCUT2D eigenvalue weighted by Gasteiger charge is -2.18. The number of aromatic nitrogens is 1. The van der Waals surface area contributed by atoms with Crippen LogP contribution in [0.2, 0.25) is 0 Å². The highest BCUT2D eigenvalue weighted by molar-refractivity contribution is 7.94. The second kappa shape index (κ2) is 8.48. The first-order chi connectivity index (χ1) is 15.5. The van der Waals surface area contributed by atoms with Crippen molar-refractivity contribution in [3.8, 4) is 0 Å². The molecule has 174 valence electrons. The van der Waals surface area contributed by atoms with Crippen LogP contribution >= 0.6 is 22.0 Å². The standard InChI is InChI=1S/C20H20N4O5S4/c1-24(2)13-6-8-16(17(11-13)23-33(28,29)19-5-4-10-30-19)22-32(26,27)14-7-9-18-15(12-14)20(25)21-31(18)3/h4-12,22-23H,1-3H3/p+1. The lowest BCUT2D eigenvalue weighted by atomic mass is 10.2. The Morgan fingerprint density at radius 2 is 1.67 bits per heavy atom. The molecule has 3 N–H and O–H groups in total. The summed E-state index contributed by atoms with van der Waals surface area (Å²) < 4.78 is 60.4. The van der Waals surface area contributed by atoms with Crippen LogP contribution in [-0.4, -0.2) is 35.3 Å². The van der Waals surface area contributed by atoms with Crippen LogP contribution < -0.4 is 19.9 Å². The second-order valence-electron chi connectivity index (χ2n) is 7.37. The van der Waals surface area contributed by atoms with Crippen LogP contribution in [0.5, 0.6) is 0 Å². The van der Waals surface area contributed by atoms with E-state index in [1.54, 1.807) is 48.6 Å². The predicted octanol–water partition coefficient (Wildman–Crippen LogP) is 3.54. The van der Waals surface area contributed by atoms with Crippen LogP contribution in [-0.2, 0) is 26.3 Å². The summed E-state index contributed by atoms with van der Waals surface area (Å²) in [5.74, 6) is 0. The maximum atomic E-state index is 13.1. The summed E-state index contributed by atoms with van der Waals surface area (Å²) >= 11 is 1.05. The predicted molar refractivity (Wildman–Crippen MR) is 135 cm³/mol. The van der Waals surface area contributed by atoms with Crippen molar-refractivity contribution in [1.82, 2.24) is 4.37 Å². The SMILES string of the molecule is CN(C)c1ccc(NS(=O)(=O)c2ccc3c(c2)c(=O)[nH][s+]3C)c(NS(=O)(=O)c2cccs2)c1. The van der Waals surface area contributed by atoms with E-state index in [4.69, 9.17) is 0 Å². The molecule has 0 spiro atoms. The first-order valence-corrected chi connectivity index (χ1v) is 15.0. The van der Waals surface area contributed by atoms with Gasteiger partial charge in [0.05, 0.1) is 26.9 Å². The lowest BCUT2D eigenvalue weighted by Crippen LogP contribution is -2.18. The topological polar surface area (TPSA) is 128 Å². The molecule has 0 saturated carbocycles. The van der Waals surface area contributed by atoms with Gasteiger partial charge in [-0.15, -0.1) is 11.3 Å². The summed E-state index contributed by atoms with van der Waals surface area (Å²) in [6.07, 6.45) is 1.84. The van der Waals surface area contributed by atoms with E-state index in [2.05, 4.69) is 13.8 Å².